The van der Waals surface area contributed by atoms with E-state index in [9.17, 15) is 19.2 Å². The van der Waals surface area contributed by atoms with Gasteiger partial charge >= 0.3 is 4.87 Å². The maximum Gasteiger partial charge on any atom is 0.308 e. The summed E-state index contributed by atoms with van der Waals surface area (Å²) < 4.78 is 6.52. The third-order valence-electron chi connectivity index (χ3n) is 7.33. The summed E-state index contributed by atoms with van der Waals surface area (Å²) in [6.07, 6.45) is 0. The van der Waals surface area contributed by atoms with E-state index in [1.807, 2.05) is 19.1 Å². The van der Waals surface area contributed by atoms with E-state index in [4.69, 9.17) is 27.9 Å². The molecular formula is C30H23Cl2N3O5S2. The molecule has 6 rings (SSSR count). The number of hydrogen-bond acceptors (Lipinski definition) is 7. The van der Waals surface area contributed by atoms with Crippen LogP contribution in [-0.2, 0) is 20.9 Å². The van der Waals surface area contributed by atoms with E-state index in [0.717, 1.165) is 28.7 Å². The number of thioether (sulfide) groups is 1. The summed E-state index contributed by atoms with van der Waals surface area (Å²) >= 11 is 15.1. The number of halogens is 2. The van der Waals surface area contributed by atoms with E-state index in [-0.39, 0.29) is 28.3 Å². The summed E-state index contributed by atoms with van der Waals surface area (Å²) in [5, 5.41) is 2.96. The molecule has 3 amide bonds. The highest BCUT2D eigenvalue weighted by Crippen LogP contribution is 2.55. The number of nitrogens with one attached hydrogen (secondary N) is 1. The van der Waals surface area contributed by atoms with Gasteiger partial charge in [-0.25, -0.2) is 4.90 Å². The molecule has 0 aliphatic carbocycles. The summed E-state index contributed by atoms with van der Waals surface area (Å²) in [5.41, 5.74) is 2.55. The van der Waals surface area contributed by atoms with Crippen LogP contribution in [-0.4, -0.2) is 34.6 Å². The highest BCUT2D eigenvalue weighted by molar-refractivity contribution is 8.00. The summed E-state index contributed by atoms with van der Waals surface area (Å²) in [5.74, 6) is -2.08. The second kappa shape index (κ2) is 11.3. The zero-order valence-corrected chi connectivity index (χ0v) is 25.4. The van der Waals surface area contributed by atoms with Gasteiger partial charge < -0.3 is 10.1 Å². The fourth-order valence-electron chi connectivity index (χ4n) is 5.32. The van der Waals surface area contributed by atoms with Crippen LogP contribution in [0.5, 0.6) is 5.75 Å². The van der Waals surface area contributed by atoms with Crippen LogP contribution in [0.25, 0.3) is 0 Å². The third kappa shape index (κ3) is 4.92. The van der Waals surface area contributed by atoms with E-state index < -0.39 is 23.0 Å². The fraction of sp³-hybridized carbons (Fsp3) is 0.200. The Balaban J connectivity index is 1.41. The summed E-state index contributed by atoms with van der Waals surface area (Å²) in [6.45, 7) is 1.65. The normalized spacial score (nSPS) is 19.4. The number of aromatic nitrogens is 1. The molecule has 3 heterocycles. The highest BCUT2D eigenvalue weighted by atomic mass is 35.5. The molecule has 3 atom stereocenters. The summed E-state index contributed by atoms with van der Waals surface area (Å²) in [6, 6.07) is 19.1. The van der Waals surface area contributed by atoms with E-state index in [0.29, 0.717) is 37.6 Å². The predicted molar refractivity (Wildman–Crippen MR) is 165 cm³/mol. The molecule has 2 aliphatic rings. The van der Waals surface area contributed by atoms with Gasteiger partial charge in [0.05, 0.1) is 33.8 Å². The van der Waals surface area contributed by atoms with E-state index in [2.05, 4.69) is 5.32 Å². The molecule has 12 heteroatoms. The lowest BCUT2D eigenvalue weighted by molar-refractivity contribution is -0.122. The second-order valence-corrected chi connectivity index (χ2v) is 12.8. The van der Waals surface area contributed by atoms with Crippen LogP contribution in [0, 0.1) is 12.8 Å². The molecule has 0 spiro atoms. The molecule has 42 heavy (non-hydrogen) atoms. The first-order chi connectivity index (χ1) is 20.2. The number of ether oxygens (including phenoxy) is 1. The smallest absolute Gasteiger partial charge is 0.308 e. The molecule has 1 N–H and O–H groups in total. The number of thiazole rings is 1. The third-order valence-corrected chi connectivity index (χ3v) is 10.8. The van der Waals surface area contributed by atoms with Crippen molar-refractivity contribution in [3.63, 3.8) is 0 Å². The Morgan fingerprint density at radius 3 is 2.38 bits per heavy atom. The Labute approximate surface area is 259 Å². The van der Waals surface area contributed by atoms with Gasteiger partial charge in [-0.05, 0) is 55.0 Å². The number of amides is 3. The zero-order valence-electron chi connectivity index (χ0n) is 22.3. The lowest BCUT2D eigenvalue weighted by atomic mass is 9.83. The lowest BCUT2D eigenvalue weighted by Gasteiger charge is -2.31. The Morgan fingerprint density at radius 1 is 0.976 bits per heavy atom. The van der Waals surface area contributed by atoms with Gasteiger partial charge in [0, 0.05) is 16.5 Å². The van der Waals surface area contributed by atoms with Crippen LogP contribution in [0.1, 0.15) is 21.9 Å². The van der Waals surface area contributed by atoms with E-state index in [1.54, 1.807) is 61.7 Å². The van der Waals surface area contributed by atoms with Crippen LogP contribution >= 0.6 is 46.3 Å². The van der Waals surface area contributed by atoms with Crippen molar-refractivity contribution in [3.8, 4) is 5.75 Å². The predicted octanol–water partition coefficient (Wildman–Crippen LogP) is 5.97. The van der Waals surface area contributed by atoms with E-state index in [1.165, 1.54) is 9.47 Å². The minimum atomic E-state index is -0.837. The standard InChI is InChI=1S/C30H23Cl2N3O5S2/c1-15-6-10-17(11-7-15)35-27(37)23-22(19-4-3-5-20(31)24(19)32)26-29(41-25(23)28(35)38)34(30(39)42-26)14-21(36)33-16-8-12-18(40-2)13-9-16/h3-13,22-23,25H,14H2,1-2H3,(H,33,36). The number of carbonyl (C=O) groups excluding carboxylic acids is 3. The van der Waals surface area contributed by atoms with Gasteiger partial charge in [-0.15, -0.1) is 0 Å². The Kier molecular flexibility index (Phi) is 7.65. The maximum absolute atomic E-state index is 14.0. The van der Waals surface area contributed by atoms with Gasteiger partial charge in [-0.2, -0.15) is 0 Å². The number of hydrogen-bond donors (Lipinski definition) is 1. The van der Waals surface area contributed by atoms with Crippen molar-refractivity contribution in [3.05, 3.63) is 102 Å². The summed E-state index contributed by atoms with van der Waals surface area (Å²) in [7, 11) is 1.55. The quantitative estimate of drug-likeness (QED) is 0.261. The molecule has 0 bridgehead atoms. The largest absolute Gasteiger partial charge is 0.497 e. The average Bonchev–Trinajstić information content (AvgIpc) is 3.42. The van der Waals surface area contributed by atoms with E-state index >= 15 is 0 Å². The Hall–Kier alpha value is -3.57. The molecule has 1 fully saturated rings. The van der Waals surface area contributed by atoms with Crippen LogP contribution in [0.3, 0.4) is 0 Å². The number of aryl methyl sites for hydroxylation is 1. The number of fused-ring (bicyclic) bond motifs is 2. The Bertz CT molecular complexity index is 1790. The number of carbonyl (C=O) groups is 3. The number of rotatable bonds is 6. The van der Waals surface area contributed by atoms with Gasteiger partial charge in [0.25, 0.3) is 0 Å². The molecule has 1 saturated heterocycles. The van der Waals surface area contributed by atoms with Crippen molar-refractivity contribution in [2.45, 2.75) is 29.7 Å². The van der Waals surface area contributed by atoms with Gasteiger partial charge in [-0.1, -0.05) is 76.1 Å². The molecular weight excluding hydrogens is 617 g/mol. The second-order valence-electron chi connectivity index (χ2n) is 9.93. The monoisotopic (exact) mass is 639 g/mol. The number of nitrogens with zero attached hydrogens (tertiary/aromatic N) is 2. The van der Waals surface area contributed by atoms with Crippen molar-refractivity contribution >= 4 is 75.4 Å². The first-order valence-corrected chi connectivity index (χ1v) is 15.4. The molecule has 0 saturated carbocycles. The first-order valence-electron chi connectivity index (χ1n) is 12.9. The highest BCUT2D eigenvalue weighted by Gasteiger charge is 2.57. The first kappa shape index (κ1) is 28.5. The number of methoxy groups -OCH3 is 1. The van der Waals surface area contributed by atoms with Crippen LogP contribution in [0.4, 0.5) is 11.4 Å². The fourth-order valence-corrected chi connectivity index (χ4v) is 8.51. The van der Waals surface area contributed by atoms with Gasteiger partial charge in [0.15, 0.2) is 0 Å². The minimum absolute atomic E-state index is 0.249. The van der Waals surface area contributed by atoms with Gasteiger partial charge in [0.2, 0.25) is 17.7 Å². The molecule has 2 aliphatic heterocycles. The van der Waals surface area contributed by atoms with Crippen molar-refractivity contribution in [1.29, 1.82) is 0 Å². The molecule has 1 aromatic heterocycles. The van der Waals surface area contributed by atoms with Crippen molar-refractivity contribution in [2.24, 2.45) is 5.92 Å². The van der Waals surface area contributed by atoms with Crippen molar-refractivity contribution in [2.75, 3.05) is 17.3 Å². The van der Waals surface area contributed by atoms with Gasteiger partial charge in [0.1, 0.15) is 17.5 Å². The van der Waals surface area contributed by atoms with Crippen molar-refractivity contribution < 1.29 is 19.1 Å². The van der Waals surface area contributed by atoms with Gasteiger partial charge in [-0.3, -0.25) is 23.7 Å². The topological polar surface area (TPSA) is 97.7 Å². The SMILES string of the molecule is COc1ccc(NC(=O)Cn2c3c(sc2=O)C(c2cccc(Cl)c2Cl)C2C(=O)N(c4ccc(C)cc4)C(=O)C2S3)cc1. The Morgan fingerprint density at radius 2 is 1.69 bits per heavy atom. The summed E-state index contributed by atoms with van der Waals surface area (Å²) in [4.78, 5) is 55.7. The number of imide groups is 1. The lowest BCUT2D eigenvalue weighted by Crippen LogP contribution is -2.33. The maximum atomic E-state index is 14.0. The van der Waals surface area contributed by atoms with Crippen LogP contribution in [0.2, 0.25) is 10.0 Å². The average molecular weight is 641 g/mol. The number of anilines is 2. The molecule has 214 valence electrons. The number of benzene rings is 3. The molecule has 4 aromatic rings. The van der Waals surface area contributed by atoms with Crippen LogP contribution < -0.4 is 19.8 Å². The van der Waals surface area contributed by atoms with Crippen molar-refractivity contribution in [1.82, 2.24) is 4.57 Å². The zero-order chi connectivity index (χ0) is 29.7. The molecule has 0 radical (unpaired) electrons. The molecule has 3 aromatic carbocycles. The molecule has 8 nitrogen and oxygen atoms in total. The molecule has 3 unspecified atom stereocenters. The van der Waals surface area contributed by atoms with Crippen LogP contribution in [0.15, 0.2) is 76.6 Å². The minimum Gasteiger partial charge on any atom is -0.497 e.